The molecule has 86 valence electrons. The van der Waals surface area contributed by atoms with Crippen molar-refractivity contribution in [3.63, 3.8) is 0 Å². The molecule has 0 unspecified atom stereocenters. The summed E-state index contributed by atoms with van der Waals surface area (Å²) in [5, 5.41) is 6.67. The summed E-state index contributed by atoms with van der Waals surface area (Å²) in [5.41, 5.74) is 5.38. The lowest BCUT2D eigenvalue weighted by atomic mass is 10.3. The van der Waals surface area contributed by atoms with E-state index in [9.17, 15) is 0 Å². The molecule has 0 bridgehead atoms. The van der Waals surface area contributed by atoms with E-state index in [0.717, 1.165) is 5.75 Å². The molecule has 5 nitrogen and oxygen atoms in total. The Labute approximate surface area is 99.4 Å². The highest BCUT2D eigenvalue weighted by Crippen LogP contribution is 2.09. The van der Waals surface area contributed by atoms with Crippen molar-refractivity contribution in [2.45, 2.75) is 13.2 Å². The maximum absolute atomic E-state index is 5.48. The van der Waals surface area contributed by atoms with Crippen molar-refractivity contribution in [3.05, 3.63) is 42.0 Å². The second-order valence-corrected chi connectivity index (χ2v) is 3.00. The highest BCUT2D eigenvalue weighted by atomic mass is 35.5. The Balaban J connectivity index is 0.00000128. The summed E-state index contributed by atoms with van der Waals surface area (Å²) in [6.45, 7) is 0.707. The van der Waals surface area contributed by atoms with Gasteiger partial charge in [0.25, 0.3) is 0 Å². The molecule has 0 aliphatic carbocycles. The van der Waals surface area contributed by atoms with Crippen LogP contribution in [-0.4, -0.2) is 15.2 Å². The van der Waals surface area contributed by atoms with Crippen LogP contribution in [0.25, 0.3) is 0 Å². The number of H-pyrrole nitrogens is 1. The lowest BCUT2D eigenvalue weighted by Crippen LogP contribution is -2.00. The van der Waals surface area contributed by atoms with Crippen LogP contribution in [0.2, 0.25) is 0 Å². The summed E-state index contributed by atoms with van der Waals surface area (Å²) < 4.78 is 5.48. The largest absolute Gasteiger partial charge is 0.486 e. The van der Waals surface area contributed by atoms with Crippen LogP contribution >= 0.6 is 12.4 Å². The number of aromatic nitrogens is 3. The molecule has 0 aliphatic heterocycles. The van der Waals surface area contributed by atoms with Gasteiger partial charge in [-0.1, -0.05) is 18.2 Å². The lowest BCUT2D eigenvalue weighted by molar-refractivity contribution is 0.296. The molecule has 0 saturated heterocycles. The van der Waals surface area contributed by atoms with Crippen LogP contribution in [-0.2, 0) is 13.2 Å². The summed E-state index contributed by atoms with van der Waals surface area (Å²) in [4.78, 5) is 4.13. The first-order valence-electron chi connectivity index (χ1n) is 4.66. The second-order valence-electron chi connectivity index (χ2n) is 3.00. The summed E-state index contributed by atoms with van der Waals surface area (Å²) in [6.07, 6.45) is 0. The molecule has 1 aromatic heterocycles. The predicted octanol–water partition coefficient (Wildman–Crippen LogP) is 1.26. The number of hydrogen-bond acceptors (Lipinski definition) is 4. The Morgan fingerprint density at radius 1 is 1.25 bits per heavy atom. The molecule has 1 aromatic carbocycles. The maximum Gasteiger partial charge on any atom is 0.164 e. The minimum Gasteiger partial charge on any atom is -0.486 e. The lowest BCUT2D eigenvalue weighted by Gasteiger charge is -2.02. The smallest absolute Gasteiger partial charge is 0.164 e. The molecule has 3 N–H and O–H groups in total. The standard InChI is InChI=1S/C10H12N4O.ClH/c11-6-9-12-10(14-13-9)7-15-8-4-2-1-3-5-8;/h1-5H,6-7,11H2,(H,12,13,14);1H. The summed E-state index contributed by atoms with van der Waals surface area (Å²) in [6, 6.07) is 9.55. The van der Waals surface area contributed by atoms with Gasteiger partial charge in [0.15, 0.2) is 11.6 Å². The highest BCUT2D eigenvalue weighted by Gasteiger charge is 2.01. The van der Waals surface area contributed by atoms with Gasteiger partial charge in [0.05, 0.1) is 6.54 Å². The molecule has 0 atom stereocenters. The number of ether oxygens (including phenoxy) is 1. The van der Waals surface area contributed by atoms with Crippen molar-refractivity contribution in [1.29, 1.82) is 0 Å². The number of rotatable bonds is 4. The van der Waals surface area contributed by atoms with E-state index >= 15 is 0 Å². The summed E-state index contributed by atoms with van der Waals surface area (Å²) in [5.74, 6) is 2.09. The number of benzene rings is 1. The third-order valence-electron chi connectivity index (χ3n) is 1.88. The normalized spacial score (nSPS) is 9.56. The van der Waals surface area contributed by atoms with Gasteiger partial charge in [-0.05, 0) is 12.1 Å². The molecule has 0 saturated carbocycles. The first-order valence-corrected chi connectivity index (χ1v) is 4.66. The van der Waals surface area contributed by atoms with Crippen molar-refractivity contribution in [2.75, 3.05) is 0 Å². The van der Waals surface area contributed by atoms with Gasteiger partial charge in [-0.3, -0.25) is 5.10 Å². The van der Waals surface area contributed by atoms with Crippen LogP contribution in [0.1, 0.15) is 11.6 Å². The number of nitrogens with two attached hydrogens (primary N) is 1. The van der Waals surface area contributed by atoms with E-state index in [4.69, 9.17) is 10.5 Å². The topological polar surface area (TPSA) is 76.8 Å². The maximum atomic E-state index is 5.48. The van der Waals surface area contributed by atoms with Crippen LogP contribution in [0.15, 0.2) is 30.3 Å². The minimum absolute atomic E-state index is 0. The van der Waals surface area contributed by atoms with Crippen LogP contribution < -0.4 is 10.5 Å². The zero-order valence-electron chi connectivity index (χ0n) is 8.59. The fourth-order valence-electron chi connectivity index (χ4n) is 1.16. The monoisotopic (exact) mass is 240 g/mol. The van der Waals surface area contributed by atoms with Gasteiger partial charge in [-0.2, -0.15) is 5.10 Å². The van der Waals surface area contributed by atoms with Crippen LogP contribution in [0.4, 0.5) is 0 Å². The third kappa shape index (κ3) is 3.22. The number of hydrogen-bond donors (Lipinski definition) is 2. The zero-order valence-corrected chi connectivity index (χ0v) is 9.41. The molecule has 1 heterocycles. The van der Waals surface area contributed by atoms with Gasteiger partial charge in [0.2, 0.25) is 0 Å². The molecule has 0 radical (unpaired) electrons. The van der Waals surface area contributed by atoms with Crippen molar-refractivity contribution in [2.24, 2.45) is 5.73 Å². The van der Waals surface area contributed by atoms with Crippen molar-refractivity contribution in [3.8, 4) is 5.75 Å². The molecule has 0 spiro atoms. The predicted molar refractivity (Wildman–Crippen MR) is 62.3 cm³/mol. The SMILES string of the molecule is Cl.NCc1n[nH]c(COc2ccccc2)n1. The molecule has 0 aliphatic rings. The molecule has 2 aromatic rings. The van der Waals surface area contributed by atoms with Gasteiger partial charge in [-0.15, -0.1) is 12.4 Å². The van der Waals surface area contributed by atoms with E-state index in [1.165, 1.54) is 0 Å². The number of para-hydroxylation sites is 1. The van der Waals surface area contributed by atoms with Crippen LogP contribution in [0.5, 0.6) is 5.75 Å². The number of halogens is 1. The Hall–Kier alpha value is -1.59. The summed E-state index contributed by atoms with van der Waals surface area (Å²) >= 11 is 0. The first kappa shape index (κ1) is 12.5. The van der Waals surface area contributed by atoms with Gasteiger partial charge >= 0.3 is 0 Å². The number of nitrogens with one attached hydrogen (secondary N) is 1. The first-order chi connectivity index (χ1) is 7.38. The molecule has 16 heavy (non-hydrogen) atoms. The Kier molecular flexibility index (Phi) is 4.75. The average molecular weight is 241 g/mol. The number of nitrogens with zero attached hydrogens (tertiary/aromatic N) is 2. The third-order valence-corrected chi connectivity index (χ3v) is 1.88. The zero-order chi connectivity index (χ0) is 10.5. The van der Waals surface area contributed by atoms with E-state index in [0.29, 0.717) is 24.8 Å². The van der Waals surface area contributed by atoms with E-state index in [2.05, 4.69) is 15.2 Å². The minimum atomic E-state index is 0. The molecular weight excluding hydrogens is 228 g/mol. The molecule has 6 heteroatoms. The van der Waals surface area contributed by atoms with Crippen LogP contribution in [0.3, 0.4) is 0 Å². The molecular formula is C10H13ClN4O. The van der Waals surface area contributed by atoms with Gasteiger partial charge < -0.3 is 10.5 Å². The van der Waals surface area contributed by atoms with Crippen molar-refractivity contribution < 1.29 is 4.74 Å². The molecule has 2 rings (SSSR count). The average Bonchev–Trinajstić information content (AvgIpc) is 2.76. The van der Waals surface area contributed by atoms with Gasteiger partial charge in [0, 0.05) is 0 Å². The van der Waals surface area contributed by atoms with Crippen molar-refractivity contribution in [1.82, 2.24) is 15.2 Å². The quantitative estimate of drug-likeness (QED) is 0.844. The van der Waals surface area contributed by atoms with E-state index in [-0.39, 0.29) is 12.4 Å². The fraction of sp³-hybridized carbons (Fsp3) is 0.200. The van der Waals surface area contributed by atoms with E-state index < -0.39 is 0 Å². The van der Waals surface area contributed by atoms with Gasteiger partial charge in [-0.25, -0.2) is 4.98 Å². The van der Waals surface area contributed by atoms with E-state index in [1.807, 2.05) is 30.3 Å². The van der Waals surface area contributed by atoms with Crippen molar-refractivity contribution >= 4 is 12.4 Å². The summed E-state index contributed by atoms with van der Waals surface area (Å²) in [7, 11) is 0. The van der Waals surface area contributed by atoms with Gasteiger partial charge in [0.1, 0.15) is 12.4 Å². The Morgan fingerprint density at radius 2 is 2.00 bits per heavy atom. The molecule has 0 amide bonds. The Bertz CT molecular complexity index is 418. The highest BCUT2D eigenvalue weighted by molar-refractivity contribution is 5.85. The second kappa shape index (κ2) is 6.09. The Morgan fingerprint density at radius 3 is 2.62 bits per heavy atom. The molecule has 0 fully saturated rings. The van der Waals surface area contributed by atoms with E-state index in [1.54, 1.807) is 0 Å². The fourth-order valence-corrected chi connectivity index (χ4v) is 1.16. The number of aromatic amines is 1. The van der Waals surface area contributed by atoms with Crippen LogP contribution in [0, 0.1) is 0 Å².